The second-order valence-corrected chi connectivity index (χ2v) is 4.48. The topological polar surface area (TPSA) is 91.2 Å². The minimum Gasteiger partial charge on any atom is -0.461 e. The second-order valence-electron chi connectivity index (χ2n) is 4.48. The number of anilines is 2. The van der Waals surface area contributed by atoms with Crippen molar-refractivity contribution in [2.45, 2.75) is 19.8 Å². The normalized spacial score (nSPS) is 10.7. The van der Waals surface area contributed by atoms with Crippen molar-refractivity contribution in [3.8, 4) is 0 Å². The van der Waals surface area contributed by atoms with E-state index in [4.69, 9.17) is 16.2 Å². The smallest absolute Gasteiger partial charge is 0.357 e. The molecule has 0 saturated carbocycles. The highest BCUT2D eigenvalue weighted by molar-refractivity contribution is 5.99. The van der Waals surface area contributed by atoms with E-state index in [0.717, 1.165) is 12.8 Å². The molecule has 2 aromatic rings. The minimum atomic E-state index is -0.574. The summed E-state index contributed by atoms with van der Waals surface area (Å²) in [5.74, 6) is -1.19. The molecule has 5 nitrogen and oxygen atoms in total. The monoisotopic (exact) mass is 277 g/mol. The fourth-order valence-electron chi connectivity index (χ4n) is 1.89. The molecule has 0 radical (unpaired) electrons. The number of ether oxygens (including phenoxy) is 1. The first-order chi connectivity index (χ1) is 9.52. The minimum absolute atomic E-state index is 0.0519. The molecule has 6 heteroatoms. The first-order valence-electron chi connectivity index (χ1n) is 6.35. The first-order valence-corrected chi connectivity index (χ1v) is 6.35. The van der Waals surface area contributed by atoms with Crippen molar-refractivity contribution < 1.29 is 13.9 Å². The maximum absolute atomic E-state index is 13.8. The zero-order valence-electron chi connectivity index (χ0n) is 11.1. The molecule has 0 bridgehead atoms. The summed E-state index contributed by atoms with van der Waals surface area (Å²) in [6.07, 6.45) is 1.69. The molecule has 106 valence electrons. The van der Waals surface area contributed by atoms with E-state index in [1.807, 2.05) is 6.92 Å². The molecule has 4 N–H and O–H groups in total. The number of nitrogens with two attached hydrogens (primary N) is 2. The maximum Gasteiger partial charge on any atom is 0.357 e. The third-order valence-electron chi connectivity index (χ3n) is 2.87. The number of carbonyl (C=O) groups is 1. The Kier molecular flexibility index (Phi) is 4.02. The van der Waals surface area contributed by atoms with E-state index in [9.17, 15) is 9.18 Å². The Bertz CT molecular complexity index is 658. The highest BCUT2D eigenvalue weighted by atomic mass is 19.1. The zero-order chi connectivity index (χ0) is 14.7. The number of aromatic nitrogens is 1. The van der Waals surface area contributed by atoms with Gasteiger partial charge in [-0.3, -0.25) is 0 Å². The van der Waals surface area contributed by atoms with Crippen molar-refractivity contribution in [2.75, 3.05) is 18.1 Å². The maximum atomic E-state index is 13.8. The summed E-state index contributed by atoms with van der Waals surface area (Å²) in [4.78, 5) is 15.7. The Hall–Kier alpha value is -2.37. The fraction of sp³-hybridized carbons (Fsp3) is 0.286. The van der Waals surface area contributed by atoms with E-state index in [1.165, 1.54) is 12.1 Å². The van der Waals surface area contributed by atoms with Gasteiger partial charge in [0.1, 0.15) is 11.6 Å². The predicted molar refractivity (Wildman–Crippen MR) is 75.7 cm³/mol. The van der Waals surface area contributed by atoms with Crippen LogP contribution in [-0.2, 0) is 4.74 Å². The number of pyridine rings is 1. The van der Waals surface area contributed by atoms with Crippen LogP contribution in [0.1, 0.15) is 30.3 Å². The molecule has 2 rings (SSSR count). The van der Waals surface area contributed by atoms with E-state index < -0.39 is 11.8 Å². The molecule has 0 fully saturated rings. The third-order valence-corrected chi connectivity index (χ3v) is 2.87. The number of nitrogen functional groups attached to an aromatic ring is 2. The molecular weight excluding hydrogens is 261 g/mol. The van der Waals surface area contributed by atoms with Crippen molar-refractivity contribution in [1.29, 1.82) is 0 Å². The molecule has 1 aromatic heterocycles. The van der Waals surface area contributed by atoms with Gasteiger partial charge in [-0.15, -0.1) is 0 Å². The van der Waals surface area contributed by atoms with Crippen molar-refractivity contribution in [1.82, 2.24) is 4.98 Å². The summed E-state index contributed by atoms with van der Waals surface area (Å²) in [6.45, 7) is 2.31. The van der Waals surface area contributed by atoms with Crippen LogP contribution in [0.25, 0.3) is 10.8 Å². The Morgan fingerprint density at radius 1 is 1.35 bits per heavy atom. The van der Waals surface area contributed by atoms with Gasteiger partial charge in [0.05, 0.1) is 12.0 Å². The van der Waals surface area contributed by atoms with Crippen LogP contribution in [0, 0.1) is 5.82 Å². The molecule has 1 heterocycles. The number of carbonyl (C=O) groups excluding carboxylic acids is 1. The van der Waals surface area contributed by atoms with Gasteiger partial charge in [-0.05, 0) is 30.0 Å². The summed E-state index contributed by atoms with van der Waals surface area (Å²) in [5, 5.41) is 0.585. The summed E-state index contributed by atoms with van der Waals surface area (Å²) in [6, 6.07) is 4.14. The summed E-state index contributed by atoms with van der Waals surface area (Å²) >= 11 is 0. The summed E-state index contributed by atoms with van der Waals surface area (Å²) in [5.41, 5.74) is 11.6. The molecule has 0 amide bonds. The van der Waals surface area contributed by atoms with Crippen LogP contribution in [-0.4, -0.2) is 17.6 Å². The van der Waals surface area contributed by atoms with Crippen LogP contribution in [0.2, 0.25) is 0 Å². The lowest BCUT2D eigenvalue weighted by Crippen LogP contribution is -2.10. The Morgan fingerprint density at radius 2 is 2.10 bits per heavy atom. The number of benzene rings is 1. The van der Waals surface area contributed by atoms with E-state index in [2.05, 4.69) is 4.98 Å². The Balaban J connectivity index is 2.39. The van der Waals surface area contributed by atoms with Crippen molar-refractivity contribution in [2.24, 2.45) is 0 Å². The van der Waals surface area contributed by atoms with E-state index in [0.29, 0.717) is 12.0 Å². The van der Waals surface area contributed by atoms with Crippen LogP contribution >= 0.6 is 0 Å². The molecule has 20 heavy (non-hydrogen) atoms. The molecule has 1 aromatic carbocycles. The summed E-state index contributed by atoms with van der Waals surface area (Å²) in [7, 11) is 0. The van der Waals surface area contributed by atoms with Crippen LogP contribution in [0.15, 0.2) is 18.2 Å². The van der Waals surface area contributed by atoms with Gasteiger partial charge in [-0.2, -0.15) is 0 Å². The highest BCUT2D eigenvalue weighted by Gasteiger charge is 2.14. The Labute approximate surface area is 115 Å². The molecule has 0 spiro atoms. The number of unbranched alkanes of at least 4 members (excludes halogenated alkanes) is 1. The largest absolute Gasteiger partial charge is 0.461 e. The van der Waals surface area contributed by atoms with Crippen LogP contribution in [0.5, 0.6) is 0 Å². The van der Waals surface area contributed by atoms with Gasteiger partial charge >= 0.3 is 5.97 Å². The number of halogens is 1. The summed E-state index contributed by atoms with van der Waals surface area (Å²) < 4.78 is 18.8. The van der Waals surface area contributed by atoms with E-state index in [-0.39, 0.29) is 22.6 Å². The number of hydrogen-bond acceptors (Lipinski definition) is 5. The molecule has 0 unspecified atom stereocenters. The highest BCUT2D eigenvalue weighted by Crippen LogP contribution is 2.26. The van der Waals surface area contributed by atoms with Crippen LogP contribution in [0.4, 0.5) is 15.9 Å². The quantitative estimate of drug-likeness (QED) is 0.509. The van der Waals surface area contributed by atoms with E-state index in [1.54, 1.807) is 6.07 Å². The average molecular weight is 277 g/mol. The SMILES string of the molecule is CCCCOC(=O)c1cc2cc(N)cc(F)c2c(N)n1. The van der Waals surface area contributed by atoms with Gasteiger partial charge in [-0.25, -0.2) is 14.2 Å². The molecule has 0 atom stereocenters. The van der Waals surface area contributed by atoms with Crippen molar-refractivity contribution in [3.05, 3.63) is 29.7 Å². The zero-order valence-corrected chi connectivity index (χ0v) is 11.1. The predicted octanol–water partition coefficient (Wildman–Crippen LogP) is 2.50. The molecule has 0 aliphatic carbocycles. The lowest BCUT2D eigenvalue weighted by Gasteiger charge is -2.08. The number of nitrogens with zero attached hydrogens (tertiary/aromatic N) is 1. The Morgan fingerprint density at radius 3 is 2.80 bits per heavy atom. The lowest BCUT2D eigenvalue weighted by atomic mass is 10.1. The van der Waals surface area contributed by atoms with Gasteiger partial charge in [0.2, 0.25) is 0 Å². The van der Waals surface area contributed by atoms with Gasteiger partial charge in [0.15, 0.2) is 5.69 Å². The van der Waals surface area contributed by atoms with E-state index >= 15 is 0 Å². The number of hydrogen-bond donors (Lipinski definition) is 2. The number of fused-ring (bicyclic) bond motifs is 1. The molecular formula is C14H16FN3O2. The van der Waals surface area contributed by atoms with Gasteiger partial charge in [0.25, 0.3) is 0 Å². The van der Waals surface area contributed by atoms with Gasteiger partial charge in [-0.1, -0.05) is 13.3 Å². The molecule has 0 saturated heterocycles. The molecule has 0 aliphatic heterocycles. The van der Waals surface area contributed by atoms with Gasteiger partial charge in [0, 0.05) is 5.69 Å². The van der Waals surface area contributed by atoms with Crippen molar-refractivity contribution in [3.63, 3.8) is 0 Å². The van der Waals surface area contributed by atoms with Crippen LogP contribution in [0.3, 0.4) is 0 Å². The van der Waals surface area contributed by atoms with Crippen LogP contribution < -0.4 is 11.5 Å². The number of esters is 1. The lowest BCUT2D eigenvalue weighted by molar-refractivity contribution is 0.0493. The fourth-order valence-corrected chi connectivity index (χ4v) is 1.89. The average Bonchev–Trinajstić information content (AvgIpc) is 2.37. The number of rotatable bonds is 4. The second kappa shape index (κ2) is 5.73. The first kappa shape index (κ1) is 14.0. The standard InChI is InChI=1S/C14H16FN3O2/c1-2-3-4-20-14(19)11-6-8-5-9(16)7-10(15)12(8)13(17)18-11/h5-7H,2-4,16H2,1H3,(H2,17,18). The molecule has 0 aliphatic rings. The van der Waals surface area contributed by atoms with Crippen molar-refractivity contribution >= 4 is 28.2 Å². The van der Waals surface area contributed by atoms with Gasteiger partial charge < -0.3 is 16.2 Å². The third kappa shape index (κ3) is 2.79.